The molecule has 0 bridgehead atoms. The van der Waals surface area contributed by atoms with E-state index in [1.165, 1.54) is 0 Å². The molecule has 1 aliphatic rings. The van der Waals surface area contributed by atoms with Crippen LogP contribution >= 0.6 is 12.4 Å². The molecule has 0 spiro atoms. The van der Waals surface area contributed by atoms with Crippen molar-refractivity contribution in [2.75, 3.05) is 26.2 Å². The Morgan fingerprint density at radius 3 is 2.96 bits per heavy atom. The molecular weight excluding hydrogens is 378 g/mol. The summed E-state index contributed by atoms with van der Waals surface area (Å²) >= 11 is 0. The van der Waals surface area contributed by atoms with Crippen LogP contribution in [0.2, 0.25) is 0 Å². The number of hydrogen-bond donors (Lipinski definition) is 2. The maximum atomic E-state index is 12.5. The summed E-state index contributed by atoms with van der Waals surface area (Å²) in [6.45, 7) is 7.35. The minimum absolute atomic E-state index is 0. The first-order valence-corrected chi connectivity index (χ1v) is 9.47. The fourth-order valence-corrected chi connectivity index (χ4v) is 3.33. The standard InChI is InChI=1S/C20H29N5O2.ClH/c1-15(2)27-17-6-4-5-16(11-17)12-23-19(26)14-25-10-7-21-13-18(25)20-22-8-9-24(20)3;/h4-6,8-9,11,15,18,21H,7,10,12-14H2,1-3H3,(H,23,26);1H. The highest BCUT2D eigenvalue weighted by Crippen LogP contribution is 2.20. The van der Waals surface area contributed by atoms with E-state index >= 15 is 0 Å². The molecule has 154 valence electrons. The number of hydrogen-bond acceptors (Lipinski definition) is 5. The number of nitrogens with one attached hydrogen (secondary N) is 2. The molecule has 1 saturated heterocycles. The quantitative estimate of drug-likeness (QED) is 0.733. The van der Waals surface area contributed by atoms with Gasteiger partial charge in [-0.3, -0.25) is 9.69 Å². The second-order valence-electron chi connectivity index (χ2n) is 7.18. The summed E-state index contributed by atoms with van der Waals surface area (Å²) in [6, 6.07) is 7.96. The third-order valence-corrected chi connectivity index (χ3v) is 4.62. The van der Waals surface area contributed by atoms with Gasteiger partial charge in [0.1, 0.15) is 11.6 Å². The molecule has 2 N–H and O–H groups in total. The molecule has 2 aromatic rings. The van der Waals surface area contributed by atoms with E-state index in [9.17, 15) is 4.79 Å². The number of piperazine rings is 1. The molecule has 0 aliphatic carbocycles. The van der Waals surface area contributed by atoms with Crippen molar-refractivity contribution >= 4 is 18.3 Å². The highest BCUT2D eigenvalue weighted by molar-refractivity contribution is 5.85. The second-order valence-corrected chi connectivity index (χ2v) is 7.18. The van der Waals surface area contributed by atoms with Crippen LogP contribution in [0.15, 0.2) is 36.7 Å². The molecule has 1 amide bonds. The van der Waals surface area contributed by atoms with Crippen LogP contribution in [-0.2, 0) is 18.4 Å². The lowest BCUT2D eigenvalue weighted by Gasteiger charge is -2.35. The van der Waals surface area contributed by atoms with E-state index in [4.69, 9.17) is 4.74 Å². The number of aryl methyl sites for hydroxylation is 1. The number of imidazole rings is 1. The topological polar surface area (TPSA) is 71.4 Å². The lowest BCUT2D eigenvalue weighted by Crippen LogP contribution is -2.50. The van der Waals surface area contributed by atoms with E-state index in [2.05, 4.69) is 20.5 Å². The Hall–Kier alpha value is -2.09. The van der Waals surface area contributed by atoms with Crippen LogP contribution in [0.1, 0.15) is 31.3 Å². The number of halogens is 1. The normalized spacial score (nSPS) is 17.2. The van der Waals surface area contributed by atoms with E-state index in [0.717, 1.165) is 36.8 Å². The Bertz CT molecular complexity index is 765. The van der Waals surface area contributed by atoms with Gasteiger partial charge in [-0.15, -0.1) is 12.4 Å². The highest BCUT2D eigenvalue weighted by atomic mass is 35.5. The van der Waals surface area contributed by atoms with Gasteiger partial charge >= 0.3 is 0 Å². The zero-order valence-corrected chi connectivity index (χ0v) is 17.5. The predicted octanol–water partition coefficient (Wildman–Crippen LogP) is 1.89. The average Bonchev–Trinajstić information content (AvgIpc) is 3.06. The van der Waals surface area contributed by atoms with Crippen LogP contribution in [0.25, 0.3) is 0 Å². The molecule has 7 nitrogen and oxygen atoms in total. The molecule has 1 fully saturated rings. The van der Waals surface area contributed by atoms with Crippen LogP contribution in [0, 0.1) is 0 Å². The van der Waals surface area contributed by atoms with Crippen LogP contribution in [-0.4, -0.2) is 52.6 Å². The van der Waals surface area contributed by atoms with Gasteiger partial charge < -0.3 is 19.9 Å². The maximum Gasteiger partial charge on any atom is 0.234 e. The number of nitrogens with zero attached hydrogens (tertiary/aromatic N) is 3. The van der Waals surface area contributed by atoms with Gasteiger partial charge in [0.25, 0.3) is 0 Å². The monoisotopic (exact) mass is 407 g/mol. The number of carbonyl (C=O) groups excluding carboxylic acids is 1. The Morgan fingerprint density at radius 1 is 1.43 bits per heavy atom. The number of ether oxygens (including phenoxy) is 1. The molecule has 0 saturated carbocycles. The predicted molar refractivity (Wildman–Crippen MR) is 112 cm³/mol. The van der Waals surface area contributed by atoms with Crippen molar-refractivity contribution in [1.82, 2.24) is 25.1 Å². The van der Waals surface area contributed by atoms with Crippen molar-refractivity contribution in [3.05, 3.63) is 48.0 Å². The minimum Gasteiger partial charge on any atom is -0.491 e. The smallest absolute Gasteiger partial charge is 0.234 e. The Labute approximate surface area is 172 Å². The first kappa shape index (κ1) is 22.2. The zero-order chi connectivity index (χ0) is 19.2. The molecule has 1 aromatic heterocycles. The van der Waals surface area contributed by atoms with Crippen LogP contribution in [0.4, 0.5) is 0 Å². The van der Waals surface area contributed by atoms with Gasteiger partial charge in [-0.2, -0.15) is 0 Å². The molecule has 8 heteroatoms. The molecule has 0 radical (unpaired) electrons. The third-order valence-electron chi connectivity index (χ3n) is 4.62. The van der Waals surface area contributed by atoms with E-state index in [-0.39, 0.29) is 30.5 Å². The molecule has 3 rings (SSSR count). The number of amides is 1. The van der Waals surface area contributed by atoms with Gasteiger partial charge in [0.05, 0.1) is 18.7 Å². The van der Waals surface area contributed by atoms with Crippen LogP contribution in [0.3, 0.4) is 0 Å². The zero-order valence-electron chi connectivity index (χ0n) is 16.7. The van der Waals surface area contributed by atoms with Crippen molar-refractivity contribution in [2.45, 2.75) is 32.5 Å². The summed E-state index contributed by atoms with van der Waals surface area (Å²) in [5.41, 5.74) is 1.03. The summed E-state index contributed by atoms with van der Waals surface area (Å²) in [7, 11) is 1.99. The fraction of sp³-hybridized carbons (Fsp3) is 0.500. The van der Waals surface area contributed by atoms with Crippen molar-refractivity contribution in [3.63, 3.8) is 0 Å². The Kier molecular flexibility index (Phi) is 8.29. The minimum atomic E-state index is 0. The summed E-state index contributed by atoms with van der Waals surface area (Å²) in [4.78, 5) is 19.2. The van der Waals surface area contributed by atoms with Crippen molar-refractivity contribution in [1.29, 1.82) is 0 Å². The Morgan fingerprint density at radius 2 is 2.25 bits per heavy atom. The van der Waals surface area contributed by atoms with Crippen molar-refractivity contribution in [2.24, 2.45) is 7.05 Å². The largest absolute Gasteiger partial charge is 0.491 e. The lowest BCUT2D eigenvalue weighted by molar-refractivity contribution is -0.123. The van der Waals surface area contributed by atoms with Gasteiger partial charge in [0, 0.05) is 45.6 Å². The molecule has 28 heavy (non-hydrogen) atoms. The summed E-state index contributed by atoms with van der Waals surface area (Å²) < 4.78 is 7.73. The van der Waals surface area contributed by atoms with Crippen LogP contribution < -0.4 is 15.4 Å². The average molecular weight is 408 g/mol. The van der Waals surface area contributed by atoms with Gasteiger partial charge in [0.15, 0.2) is 0 Å². The van der Waals surface area contributed by atoms with E-state index < -0.39 is 0 Å². The van der Waals surface area contributed by atoms with Gasteiger partial charge in [-0.1, -0.05) is 12.1 Å². The van der Waals surface area contributed by atoms with Crippen molar-refractivity contribution < 1.29 is 9.53 Å². The van der Waals surface area contributed by atoms with Gasteiger partial charge in [-0.05, 0) is 31.5 Å². The van der Waals surface area contributed by atoms with E-state index in [1.807, 2.05) is 55.9 Å². The number of carbonyl (C=O) groups is 1. The highest BCUT2D eigenvalue weighted by Gasteiger charge is 2.28. The molecule has 2 heterocycles. The third kappa shape index (κ3) is 5.95. The molecular formula is C20H30ClN5O2. The summed E-state index contributed by atoms with van der Waals surface area (Å²) in [6.07, 6.45) is 3.87. The maximum absolute atomic E-state index is 12.5. The second kappa shape index (κ2) is 10.5. The van der Waals surface area contributed by atoms with E-state index in [0.29, 0.717) is 13.1 Å². The summed E-state index contributed by atoms with van der Waals surface area (Å²) in [5.74, 6) is 1.83. The SMILES string of the molecule is CC(C)Oc1cccc(CNC(=O)CN2CCNCC2c2nccn2C)c1.Cl. The fourth-order valence-electron chi connectivity index (χ4n) is 3.33. The first-order valence-electron chi connectivity index (χ1n) is 9.47. The number of rotatable bonds is 7. The molecule has 1 unspecified atom stereocenters. The summed E-state index contributed by atoms with van der Waals surface area (Å²) in [5, 5.41) is 6.42. The molecule has 1 aliphatic heterocycles. The van der Waals surface area contributed by atoms with Gasteiger partial charge in [-0.25, -0.2) is 4.98 Å². The number of aromatic nitrogens is 2. The lowest BCUT2D eigenvalue weighted by atomic mass is 10.1. The molecule has 1 atom stereocenters. The van der Waals surface area contributed by atoms with Crippen LogP contribution in [0.5, 0.6) is 5.75 Å². The van der Waals surface area contributed by atoms with Gasteiger partial charge in [0.2, 0.25) is 5.91 Å². The number of benzene rings is 1. The Balaban J connectivity index is 0.00000280. The molecule has 1 aromatic carbocycles. The van der Waals surface area contributed by atoms with E-state index in [1.54, 1.807) is 6.20 Å². The first-order chi connectivity index (χ1) is 13.0. The van der Waals surface area contributed by atoms with Crippen molar-refractivity contribution in [3.8, 4) is 5.75 Å².